The van der Waals surface area contributed by atoms with Gasteiger partial charge in [-0.25, -0.2) is 8.42 Å². The van der Waals surface area contributed by atoms with Gasteiger partial charge in [0, 0.05) is 43.3 Å². The number of rotatable bonds is 9. The van der Waals surface area contributed by atoms with Crippen LogP contribution >= 0.6 is 0 Å². The predicted molar refractivity (Wildman–Crippen MR) is 175 cm³/mol. The van der Waals surface area contributed by atoms with Crippen molar-refractivity contribution in [2.24, 2.45) is 0 Å². The number of hydrogen-bond acceptors (Lipinski definition) is 7. The van der Waals surface area contributed by atoms with Crippen LogP contribution in [0.1, 0.15) is 36.1 Å². The van der Waals surface area contributed by atoms with Gasteiger partial charge in [0.05, 0.1) is 16.3 Å². The smallest absolute Gasteiger partial charge is 0.251 e. The number of hydrogen-bond donors (Lipinski definition) is 1. The number of nitrogens with one attached hydrogen (secondary N) is 1. The fraction of sp³-hybridized carbons (Fsp3) is 0.278. The average molecular weight is 624 g/mol. The first kappa shape index (κ1) is 30.7. The number of ether oxygens (including phenoxy) is 2. The van der Waals surface area contributed by atoms with Crippen molar-refractivity contribution in [3.05, 3.63) is 114 Å². The summed E-state index contributed by atoms with van der Waals surface area (Å²) in [6, 6.07) is 26.9. The van der Waals surface area contributed by atoms with E-state index >= 15 is 0 Å². The number of benzene rings is 3. The zero-order valence-electron chi connectivity index (χ0n) is 25.3. The van der Waals surface area contributed by atoms with Crippen LogP contribution in [0.15, 0.2) is 102 Å². The highest BCUT2D eigenvalue weighted by molar-refractivity contribution is 7.91. The molecular formula is C36H37N3O5S. The van der Waals surface area contributed by atoms with E-state index in [-0.39, 0.29) is 23.0 Å². The Hall–Kier alpha value is -4.31. The molecule has 3 aromatic carbocycles. The number of amides is 1. The van der Waals surface area contributed by atoms with Crippen molar-refractivity contribution >= 4 is 27.5 Å². The van der Waals surface area contributed by atoms with Gasteiger partial charge in [-0.15, -0.1) is 0 Å². The normalized spacial score (nSPS) is 16.4. The molecule has 1 aromatic heterocycles. The molecule has 0 bridgehead atoms. The Morgan fingerprint density at radius 1 is 0.978 bits per heavy atom. The highest BCUT2D eigenvalue weighted by atomic mass is 32.2. The molecule has 0 radical (unpaired) electrons. The number of anilines is 1. The summed E-state index contributed by atoms with van der Waals surface area (Å²) in [5, 5.41) is 2.97. The number of carbonyl (C=O) groups is 1. The molecule has 0 spiro atoms. The van der Waals surface area contributed by atoms with E-state index < -0.39 is 9.84 Å². The molecule has 0 unspecified atom stereocenters. The summed E-state index contributed by atoms with van der Waals surface area (Å²) >= 11 is 0. The highest BCUT2D eigenvalue weighted by Gasteiger charge is 2.25. The molecule has 45 heavy (non-hydrogen) atoms. The first-order valence-electron chi connectivity index (χ1n) is 15.2. The zero-order valence-corrected chi connectivity index (χ0v) is 26.1. The number of nitrogens with zero attached hydrogens (tertiary/aromatic N) is 2. The number of pyridine rings is 1. The van der Waals surface area contributed by atoms with E-state index in [0.29, 0.717) is 35.2 Å². The van der Waals surface area contributed by atoms with Crippen LogP contribution in [0.25, 0.3) is 17.2 Å². The van der Waals surface area contributed by atoms with Gasteiger partial charge < -0.3 is 14.8 Å². The first-order valence-corrected chi connectivity index (χ1v) is 16.9. The van der Waals surface area contributed by atoms with Gasteiger partial charge in [0.25, 0.3) is 5.91 Å². The van der Waals surface area contributed by atoms with E-state index in [0.717, 1.165) is 55.0 Å². The summed E-state index contributed by atoms with van der Waals surface area (Å²) in [4.78, 5) is 20.2. The monoisotopic (exact) mass is 623 g/mol. The van der Waals surface area contributed by atoms with Crippen LogP contribution in [0.4, 0.5) is 5.69 Å². The lowest BCUT2D eigenvalue weighted by atomic mass is 10.0. The van der Waals surface area contributed by atoms with Crippen molar-refractivity contribution in [2.75, 3.05) is 31.3 Å². The maximum atomic E-state index is 13.4. The van der Waals surface area contributed by atoms with Crippen LogP contribution < -0.4 is 10.1 Å². The van der Waals surface area contributed by atoms with Crippen molar-refractivity contribution in [1.82, 2.24) is 9.88 Å². The SMILES string of the molecule is CN(Cc1ccc(NC(=O)C2=Cc3cc(-c4ccc(OCc5ccccn5)cc4)ccc3S(=O)(=O)CC2)cc1)C1CCOCC1. The van der Waals surface area contributed by atoms with Gasteiger partial charge in [-0.2, -0.15) is 0 Å². The highest BCUT2D eigenvalue weighted by Crippen LogP contribution is 2.32. The number of sulfone groups is 1. The molecule has 4 aromatic rings. The molecule has 0 aliphatic carbocycles. The molecule has 0 atom stereocenters. The summed E-state index contributed by atoms with van der Waals surface area (Å²) in [6.07, 6.45) is 5.65. The molecule has 6 rings (SSSR count). The Morgan fingerprint density at radius 3 is 2.47 bits per heavy atom. The third-order valence-electron chi connectivity index (χ3n) is 8.36. The van der Waals surface area contributed by atoms with Gasteiger partial charge in [-0.1, -0.05) is 36.4 Å². The van der Waals surface area contributed by atoms with E-state index in [1.165, 1.54) is 0 Å². The molecule has 2 aliphatic heterocycles. The van der Waals surface area contributed by atoms with Gasteiger partial charge >= 0.3 is 0 Å². The van der Waals surface area contributed by atoms with E-state index in [2.05, 4.69) is 22.2 Å². The van der Waals surface area contributed by atoms with Gasteiger partial charge in [0.2, 0.25) is 0 Å². The molecule has 1 N–H and O–H groups in total. The molecule has 1 saturated heterocycles. The fourth-order valence-corrected chi connectivity index (χ4v) is 7.21. The second-order valence-corrected chi connectivity index (χ2v) is 13.6. The number of carbonyl (C=O) groups excluding carboxylic acids is 1. The van der Waals surface area contributed by atoms with Gasteiger partial charge in [-0.05, 0) is 103 Å². The lowest BCUT2D eigenvalue weighted by Crippen LogP contribution is -2.36. The minimum atomic E-state index is -3.55. The van der Waals surface area contributed by atoms with Crippen LogP contribution in [0.2, 0.25) is 0 Å². The lowest BCUT2D eigenvalue weighted by Gasteiger charge is -2.31. The molecule has 3 heterocycles. The zero-order chi connectivity index (χ0) is 31.2. The molecular weight excluding hydrogens is 586 g/mol. The number of fused-ring (bicyclic) bond motifs is 1. The van der Waals surface area contributed by atoms with Gasteiger partial charge in [0.15, 0.2) is 9.84 Å². The van der Waals surface area contributed by atoms with E-state index in [1.54, 1.807) is 24.4 Å². The van der Waals surface area contributed by atoms with Crippen molar-refractivity contribution in [3.8, 4) is 16.9 Å². The standard InChI is InChI=1S/C36H37N3O5S/c1-39(33-15-19-43-20-16-33)24-26-5-10-31(11-6-26)38-36(40)29-17-21-45(41,42)35-14-9-28(22-30(35)23-29)27-7-12-34(13-8-27)44-25-32-4-2-3-18-37-32/h2-14,18,22-23,33H,15-17,19-21,24-25H2,1H3,(H,38,40). The average Bonchev–Trinajstić information content (AvgIpc) is 3.21. The van der Waals surface area contributed by atoms with Crippen LogP contribution in [0, 0.1) is 0 Å². The summed E-state index contributed by atoms with van der Waals surface area (Å²) in [5.74, 6) is 0.281. The molecule has 0 saturated carbocycles. The molecule has 232 valence electrons. The quantitative estimate of drug-likeness (QED) is 0.239. The maximum Gasteiger partial charge on any atom is 0.251 e. The molecule has 8 nitrogen and oxygen atoms in total. The van der Waals surface area contributed by atoms with Crippen molar-refractivity contribution in [2.45, 2.75) is 43.4 Å². The van der Waals surface area contributed by atoms with Crippen LogP contribution in [-0.4, -0.2) is 56.3 Å². The first-order chi connectivity index (χ1) is 21.8. The summed E-state index contributed by atoms with van der Waals surface area (Å²) in [6.45, 7) is 2.80. The van der Waals surface area contributed by atoms with E-state index in [1.807, 2.05) is 72.8 Å². The fourth-order valence-electron chi connectivity index (χ4n) is 5.75. The Labute approximate surface area is 264 Å². The minimum Gasteiger partial charge on any atom is -0.487 e. The van der Waals surface area contributed by atoms with Crippen molar-refractivity contribution in [3.63, 3.8) is 0 Å². The van der Waals surface area contributed by atoms with Crippen LogP contribution in [-0.2, 0) is 32.5 Å². The summed E-state index contributed by atoms with van der Waals surface area (Å²) in [5.41, 5.74) is 5.37. The Kier molecular flexibility index (Phi) is 9.39. The van der Waals surface area contributed by atoms with Crippen LogP contribution in [0.3, 0.4) is 0 Å². The largest absolute Gasteiger partial charge is 0.487 e. The Bertz CT molecular complexity index is 1770. The molecule has 1 fully saturated rings. The third kappa shape index (κ3) is 7.68. The second kappa shape index (κ2) is 13.8. The third-order valence-corrected chi connectivity index (χ3v) is 10.1. The predicted octanol–water partition coefficient (Wildman–Crippen LogP) is 6.14. The van der Waals surface area contributed by atoms with Crippen molar-refractivity contribution < 1.29 is 22.7 Å². The van der Waals surface area contributed by atoms with Crippen LogP contribution in [0.5, 0.6) is 5.75 Å². The van der Waals surface area contributed by atoms with Gasteiger partial charge in [-0.3, -0.25) is 14.7 Å². The van der Waals surface area contributed by atoms with Crippen molar-refractivity contribution in [1.29, 1.82) is 0 Å². The molecule has 2 aliphatic rings. The van der Waals surface area contributed by atoms with Gasteiger partial charge in [0.1, 0.15) is 12.4 Å². The van der Waals surface area contributed by atoms with E-state index in [4.69, 9.17) is 9.47 Å². The lowest BCUT2D eigenvalue weighted by molar-refractivity contribution is -0.112. The molecule has 9 heteroatoms. The maximum absolute atomic E-state index is 13.4. The number of aromatic nitrogens is 1. The molecule has 1 amide bonds. The summed E-state index contributed by atoms with van der Waals surface area (Å²) < 4.78 is 37.6. The Morgan fingerprint density at radius 2 is 1.73 bits per heavy atom. The summed E-state index contributed by atoms with van der Waals surface area (Å²) in [7, 11) is -1.42. The minimum absolute atomic E-state index is 0.127. The second-order valence-electron chi connectivity index (χ2n) is 11.5. The van der Waals surface area contributed by atoms with E-state index in [9.17, 15) is 13.2 Å². The Balaban J connectivity index is 1.14. The topological polar surface area (TPSA) is 97.8 Å².